The van der Waals surface area contributed by atoms with Crippen LogP contribution in [0.25, 0.3) is 0 Å². The maximum atomic E-state index is 12.9. The number of cyclic esters (lactones) is 1. The number of carbonyl (C=O) groups is 1. The van der Waals surface area contributed by atoms with E-state index >= 15 is 0 Å². The first-order valence-corrected chi connectivity index (χ1v) is 13.8. The molecule has 3 aliphatic rings. The highest BCUT2D eigenvalue weighted by Gasteiger charge is 2.32. The zero-order valence-corrected chi connectivity index (χ0v) is 22.3. The van der Waals surface area contributed by atoms with Crippen LogP contribution in [-0.2, 0) is 19.0 Å². The van der Waals surface area contributed by atoms with Crippen LogP contribution >= 0.6 is 0 Å². The Morgan fingerprint density at radius 2 is 1.74 bits per heavy atom. The molecule has 0 saturated carbocycles. The third-order valence-corrected chi connectivity index (χ3v) is 7.37. The van der Waals surface area contributed by atoms with Crippen LogP contribution in [0.1, 0.15) is 91.9 Å². The van der Waals surface area contributed by atoms with Gasteiger partial charge >= 0.3 is 5.97 Å². The maximum Gasteiger partial charge on any atom is 0.309 e. The zero-order valence-electron chi connectivity index (χ0n) is 22.3. The van der Waals surface area contributed by atoms with Crippen molar-refractivity contribution < 1.29 is 19.0 Å². The van der Waals surface area contributed by atoms with Crippen molar-refractivity contribution >= 4 is 5.97 Å². The van der Waals surface area contributed by atoms with Gasteiger partial charge in [0.15, 0.2) is 0 Å². The summed E-state index contributed by atoms with van der Waals surface area (Å²) in [6.07, 6.45) is 26.2. The lowest BCUT2D eigenvalue weighted by Crippen LogP contribution is -2.37. The second-order valence-electron chi connectivity index (χ2n) is 10.5. The monoisotopic (exact) mass is 482 g/mol. The van der Waals surface area contributed by atoms with Crippen LogP contribution in [0.15, 0.2) is 59.8 Å². The van der Waals surface area contributed by atoms with Gasteiger partial charge in [0, 0.05) is 12.8 Å². The van der Waals surface area contributed by atoms with E-state index < -0.39 is 0 Å². The van der Waals surface area contributed by atoms with Crippen molar-refractivity contribution in [3.63, 3.8) is 0 Å². The molecule has 0 amide bonds. The van der Waals surface area contributed by atoms with Gasteiger partial charge in [-0.15, -0.1) is 0 Å². The average molecular weight is 483 g/mol. The number of carbonyl (C=O) groups excluding carboxylic acids is 1. The number of fused-ring (bicyclic) bond motifs is 4. The molecule has 3 aliphatic heterocycles. The highest BCUT2D eigenvalue weighted by atomic mass is 16.5. The van der Waals surface area contributed by atoms with Crippen LogP contribution < -0.4 is 0 Å². The van der Waals surface area contributed by atoms with Crippen molar-refractivity contribution in [1.82, 2.24) is 0 Å². The second-order valence-corrected chi connectivity index (χ2v) is 10.5. The molecule has 35 heavy (non-hydrogen) atoms. The van der Waals surface area contributed by atoms with Gasteiger partial charge in [-0.3, -0.25) is 4.79 Å². The van der Waals surface area contributed by atoms with E-state index in [1.54, 1.807) is 0 Å². The highest BCUT2D eigenvalue weighted by Crippen LogP contribution is 2.33. The summed E-state index contributed by atoms with van der Waals surface area (Å²) < 4.78 is 18.8. The van der Waals surface area contributed by atoms with Crippen LogP contribution in [0, 0.1) is 5.92 Å². The van der Waals surface area contributed by atoms with Crippen molar-refractivity contribution in [2.45, 2.75) is 122 Å². The summed E-state index contributed by atoms with van der Waals surface area (Å²) in [5.74, 6) is 0.243. The first kappa shape index (κ1) is 27.7. The molecule has 4 heteroatoms. The predicted octanol–water partition coefficient (Wildman–Crippen LogP) is 7.56. The Hall–Kier alpha value is -1.91. The molecule has 0 aromatic rings. The van der Waals surface area contributed by atoms with E-state index in [1.807, 2.05) is 24.3 Å². The van der Waals surface area contributed by atoms with E-state index in [0.29, 0.717) is 24.9 Å². The van der Waals surface area contributed by atoms with Crippen LogP contribution in [0.3, 0.4) is 0 Å². The van der Waals surface area contributed by atoms with E-state index in [9.17, 15) is 4.79 Å². The quantitative estimate of drug-likeness (QED) is 0.235. The molecule has 4 nitrogen and oxygen atoms in total. The molecule has 0 aliphatic carbocycles. The molecule has 6 atom stereocenters. The largest absolute Gasteiger partial charge is 0.458 e. The van der Waals surface area contributed by atoms with E-state index in [0.717, 1.165) is 44.9 Å². The predicted molar refractivity (Wildman–Crippen MR) is 143 cm³/mol. The summed E-state index contributed by atoms with van der Waals surface area (Å²) in [7, 11) is 0. The van der Waals surface area contributed by atoms with Crippen molar-refractivity contribution in [3.05, 3.63) is 59.8 Å². The minimum absolute atomic E-state index is 0.113. The Labute approximate surface area is 213 Å². The summed E-state index contributed by atoms with van der Waals surface area (Å²) in [5.41, 5.74) is 2.71. The Bertz CT molecular complexity index is 818. The molecule has 0 aromatic carbocycles. The van der Waals surface area contributed by atoms with E-state index in [1.165, 1.54) is 17.6 Å². The molecule has 3 rings (SSSR count). The number of allylic oxidation sites excluding steroid dienone is 7. The SMILES string of the molecule is CC=C1CC2CC(=O)OC(/C=C/C=C\C=C(/C)CC)C/C=C\C(C)CC3CCCC(CC(C1)O2)O3. The summed E-state index contributed by atoms with van der Waals surface area (Å²) in [5, 5.41) is 0. The van der Waals surface area contributed by atoms with Gasteiger partial charge < -0.3 is 14.2 Å². The molecule has 0 spiro atoms. The molecule has 4 bridgehead atoms. The fourth-order valence-electron chi connectivity index (χ4n) is 5.25. The van der Waals surface area contributed by atoms with Gasteiger partial charge in [0.2, 0.25) is 0 Å². The van der Waals surface area contributed by atoms with Crippen LogP contribution in [0.2, 0.25) is 0 Å². The smallest absolute Gasteiger partial charge is 0.309 e. The van der Waals surface area contributed by atoms with Gasteiger partial charge in [0.05, 0.1) is 30.8 Å². The minimum atomic E-state index is -0.282. The standard InChI is InChI=1S/C31H46O4/c1-5-23(3)12-8-7-9-14-26-15-10-13-24(4)18-27-16-11-17-28(33-27)21-29-19-25(6-2)20-30(34-29)22-31(32)35-26/h6-10,12-14,24,26-30H,5,11,15-22H2,1-4H3/b8-7-,13-10-,14-9+,23-12+,25-6?. The topological polar surface area (TPSA) is 44.8 Å². The number of esters is 1. The lowest BCUT2D eigenvalue weighted by Gasteiger charge is -2.37. The summed E-state index contributed by atoms with van der Waals surface area (Å²) in [6, 6.07) is 0. The normalized spacial score (nSPS) is 35.9. The van der Waals surface area contributed by atoms with Gasteiger partial charge in [-0.05, 0) is 70.8 Å². The van der Waals surface area contributed by atoms with Gasteiger partial charge in [0.1, 0.15) is 6.10 Å². The molecule has 3 heterocycles. The summed E-state index contributed by atoms with van der Waals surface area (Å²) >= 11 is 0. The Morgan fingerprint density at radius 1 is 1.00 bits per heavy atom. The molecule has 6 unspecified atom stereocenters. The fourth-order valence-corrected chi connectivity index (χ4v) is 5.25. The third kappa shape index (κ3) is 9.93. The highest BCUT2D eigenvalue weighted by molar-refractivity contribution is 5.70. The van der Waals surface area contributed by atoms with Gasteiger partial charge in [-0.1, -0.05) is 67.5 Å². The van der Waals surface area contributed by atoms with E-state index in [2.05, 4.69) is 52.0 Å². The lowest BCUT2D eigenvalue weighted by atomic mass is 9.90. The molecule has 0 aromatic heterocycles. The number of rotatable bonds is 4. The number of hydrogen-bond donors (Lipinski definition) is 0. The Morgan fingerprint density at radius 3 is 2.51 bits per heavy atom. The van der Waals surface area contributed by atoms with Crippen molar-refractivity contribution in [2.24, 2.45) is 5.92 Å². The molecule has 2 fully saturated rings. The van der Waals surface area contributed by atoms with E-state index in [-0.39, 0.29) is 30.4 Å². The van der Waals surface area contributed by atoms with E-state index in [4.69, 9.17) is 14.2 Å². The summed E-state index contributed by atoms with van der Waals surface area (Å²) in [4.78, 5) is 12.9. The molecular formula is C31H46O4. The Balaban J connectivity index is 1.73. The molecule has 194 valence electrons. The van der Waals surface area contributed by atoms with Gasteiger partial charge in [-0.2, -0.15) is 0 Å². The number of ether oxygens (including phenoxy) is 3. The average Bonchev–Trinajstić information content (AvgIpc) is 2.82. The zero-order chi connectivity index (χ0) is 25.0. The van der Waals surface area contributed by atoms with Crippen molar-refractivity contribution in [3.8, 4) is 0 Å². The van der Waals surface area contributed by atoms with Crippen molar-refractivity contribution in [1.29, 1.82) is 0 Å². The minimum Gasteiger partial charge on any atom is -0.458 e. The number of hydrogen-bond acceptors (Lipinski definition) is 4. The summed E-state index contributed by atoms with van der Waals surface area (Å²) in [6.45, 7) is 8.61. The van der Waals surface area contributed by atoms with Crippen LogP contribution in [0.5, 0.6) is 0 Å². The molecule has 0 N–H and O–H groups in total. The fraction of sp³-hybridized carbons (Fsp3) is 0.645. The Kier molecular flexibility index (Phi) is 11.5. The first-order valence-electron chi connectivity index (χ1n) is 13.8. The van der Waals surface area contributed by atoms with Crippen LogP contribution in [0.4, 0.5) is 0 Å². The third-order valence-electron chi connectivity index (χ3n) is 7.37. The van der Waals surface area contributed by atoms with Gasteiger partial charge in [-0.25, -0.2) is 0 Å². The van der Waals surface area contributed by atoms with Gasteiger partial charge in [0.25, 0.3) is 0 Å². The van der Waals surface area contributed by atoms with Crippen LogP contribution in [-0.4, -0.2) is 36.5 Å². The van der Waals surface area contributed by atoms with Crippen molar-refractivity contribution in [2.75, 3.05) is 0 Å². The first-order chi connectivity index (χ1) is 16.9. The molecular weight excluding hydrogens is 436 g/mol. The lowest BCUT2D eigenvalue weighted by molar-refractivity contribution is -0.153. The molecule has 0 radical (unpaired) electrons. The second kappa shape index (κ2) is 14.6. The molecule has 2 saturated heterocycles. The maximum absolute atomic E-state index is 12.9.